The number of carbonyl (C=O) groups is 5. The number of thiophene rings is 1. The summed E-state index contributed by atoms with van der Waals surface area (Å²) < 4.78 is 6.63. The number of benzene rings is 1. The first kappa shape index (κ1) is 40.6. The number of carboxylic acids is 3. The van der Waals surface area contributed by atoms with E-state index in [1.54, 1.807) is 23.5 Å². The zero-order chi connectivity index (χ0) is 37.8. The van der Waals surface area contributed by atoms with E-state index in [9.17, 15) is 44.4 Å². The molecule has 276 valence electrons. The summed E-state index contributed by atoms with van der Waals surface area (Å²) in [4.78, 5) is 63.0. The number of hydrogen-bond donors (Lipinski definition) is 6. The van der Waals surface area contributed by atoms with E-state index < -0.39 is 48.0 Å². The quantitative estimate of drug-likeness (QED) is 0.0682. The van der Waals surface area contributed by atoms with E-state index >= 15 is 0 Å². The van der Waals surface area contributed by atoms with Gasteiger partial charge in [0.25, 0.3) is 0 Å². The van der Waals surface area contributed by atoms with Crippen molar-refractivity contribution in [1.29, 1.82) is 0 Å². The Morgan fingerprint density at radius 3 is 2.14 bits per heavy atom. The van der Waals surface area contributed by atoms with Gasteiger partial charge in [0.15, 0.2) is 5.13 Å². The molecule has 3 unspecified atom stereocenters. The van der Waals surface area contributed by atoms with Crippen LogP contribution in [0.2, 0.25) is 0 Å². The van der Waals surface area contributed by atoms with Gasteiger partial charge in [0.1, 0.15) is 29.6 Å². The number of furan rings is 1. The second kappa shape index (κ2) is 19.0. The number of nitrogens with one attached hydrogen (secondary N) is 2. The average molecular weight is 745 g/mol. The molecule has 0 saturated carbocycles. The van der Waals surface area contributed by atoms with Crippen LogP contribution in [-0.2, 0) is 25.6 Å². The first-order chi connectivity index (χ1) is 24.0. The van der Waals surface area contributed by atoms with Crippen LogP contribution < -0.4 is 10.6 Å². The monoisotopic (exact) mass is 744 g/mol. The molecule has 3 heterocycles. The van der Waals surface area contributed by atoms with E-state index in [0.29, 0.717) is 23.1 Å². The fourth-order valence-electron chi connectivity index (χ4n) is 5.10. The minimum atomic E-state index is -1.36. The summed E-state index contributed by atoms with van der Waals surface area (Å²) in [6.45, 7) is 9.19. The van der Waals surface area contributed by atoms with Crippen LogP contribution in [0.15, 0.2) is 51.6 Å². The third kappa shape index (κ3) is 12.8. The standard InChI is InChI=1S/C18H23N3O5S.C17H21NO5S/c1-10(2)8-13(16(23)24)21(18(25)26)7-6-15(22)20-17-19-12-5-4-11(3)9-14(12)27-17;1-10(2)7-13(16(19)20)18-14(17(21)22)8-12-3-4-15(23-12)11-5-6-24-9-11/h4-5,9-10,13H,6-8H2,1-3H3,(H,23,24)(H,25,26)(H,19,20,22);3-6,9-10,13-14,18H,7-8H2,1-2H3,(H,19,20)(H,21,22). The Bertz CT molecular complexity index is 1780. The van der Waals surface area contributed by atoms with Crippen molar-refractivity contribution < 1.29 is 48.8 Å². The predicted octanol–water partition coefficient (Wildman–Crippen LogP) is 6.51. The number of amides is 2. The van der Waals surface area contributed by atoms with Crippen LogP contribution >= 0.6 is 22.7 Å². The van der Waals surface area contributed by atoms with Crippen LogP contribution in [0.4, 0.5) is 9.93 Å². The van der Waals surface area contributed by atoms with E-state index in [1.165, 1.54) is 11.3 Å². The van der Waals surface area contributed by atoms with Crippen molar-refractivity contribution >= 4 is 67.9 Å². The average Bonchev–Trinajstić information content (AvgIpc) is 3.80. The van der Waals surface area contributed by atoms with Crippen LogP contribution in [0.3, 0.4) is 0 Å². The smallest absolute Gasteiger partial charge is 0.408 e. The van der Waals surface area contributed by atoms with E-state index in [-0.39, 0.29) is 37.6 Å². The van der Waals surface area contributed by atoms with E-state index in [2.05, 4.69) is 15.6 Å². The highest BCUT2D eigenvalue weighted by Gasteiger charge is 2.31. The molecule has 4 aromatic rings. The highest BCUT2D eigenvalue weighted by molar-refractivity contribution is 7.22. The lowest BCUT2D eigenvalue weighted by Crippen LogP contribution is -2.48. The predicted molar refractivity (Wildman–Crippen MR) is 194 cm³/mol. The van der Waals surface area contributed by atoms with Crippen LogP contribution in [0.5, 0.6) is 0 Å². The Morgan fingerprint density at radius 2 is 1.57 bits per heavy atom. The van der Waals surface area contributed by atoms with Gasteiger partial charge < -0.3 is 30.2 Å². The van der Waals surface area contributed by atoms with Crippen LogP contribution in [0.25, 0.3) is 21.5 Å². The van der Waals surface area contributed by atoms with Gasteiger partial charge in [-0.1, -0.05) is 45.1 Å². The number of aromatic nitrogens is 1. The molecular weight excluding hydrogens is 701 g/mol. The van der Waals surface area contributed by atoms with Crippen molar-refractivity contribution in [3.05, 3.63) is 58.5 Å². The second-order valence-electron chi connectivity index (χ2n) is 12.8. The van der Waals surface area contributed by atoms with Crippen molar-refractivity contribution in [1.82, 2.24) is 15.2 Å². The molecule has 2 amide bonds. The number of aliphatic carboxylic acids is 3. The fraction of sp³-hybridized carbons (Fsp3) is 0.429. The summed E-state index contributed by atoms with van der Waals surface area (Å²) in [6, 6.07) is 8.10. The molecule has 14 nitrogen and oxygen atoms in total. The maximum absolute atomic E-state index is 12.2. The summed E-state index contributed by atoms with van der Waals surface area (Å²) in [5.74, 6) is -2.45. The van der Waals surface area contributed by atoms with Gasteiger partial charge >= 0.3 is 24.0 Å². The molecule has 0 fully saturated rings. The Morgan fingerprint density at radius 1 is 0.882 bits per heavy atom. The number of nitrogens with zero attached hydrogens (tertiary/aromatic N) is 2. The van der Waals surface area contributed by atoms with Gasteiger partial charge in [-0.2, -0.15) is 11.3 Å². The number of rotatable bonds is 17. The molecule has 0 aliphatic rings. The molecule has 16 heteroatoms. The molecule has 0 bridgehead atoms. The summed E-state index contributed by atoms with van der Waals surface area (Å²) in [6.07, 6.45) is -0.881. The topological polar surface area (TPSA) is 220 Å². The normalized spacial score (nSPS) is 12.9. The SMILES string of the molecule is CC(C)CC(NC(Cc1ccc(-c2ccsc2)o1)C(=O)O)C(=O)O.Cc1ccc2nc(NC(=O)CCN(C(=O)O)C(CC(C)C)C(=O)O)sc2c1. The van der Waals surface area contributed by atoms with Crippen molar-refractivity contribution in [2.45, 2.75) is 78.4 Å². The Balaban J connectivity index is 0.000000277. The van der Waals surface area contributed by atoms with Crippen molar-refractivity contribution in [3.8, 4) is 11.3 Å². The highest BCUT2D eigenvalue weighted by Crippen LogP contribution is 2.27. The number of hydrogen-bond acceptors (Lipinski definition) is 10. The molecular formula is C35H44N4O10S2. The van der Waals surface area contributed by atoms with E-state index in [0.717, 1.165) is 26.2 Å². The van der Waals surface area contributed by atoms with Crippen molar-refractivity contribution in [2.24, 2.45) is 11.8 Å². The summed E-state index contributed by atoms with van der Waals surface area (Å²) in [7, 11) is 0. The first-order valence-corrected chi connectivity index (χ1v) is 18.0. The number of thiazole rings is 1. The van der Waals surface area contributed by atoms with Gasteiger partial charge in [0.05, 0.1) is 10.2 Å². The molecule has 6 N–H and O–H groups in total. The lowest BCUT2D eigenvalue weighted by atomic mass is 10.0. The molecule has 0 radical (unpaired) electrons. The fourth-order valence-corrected chi connectivity index (χ4v) is 6.73. The molecule has 3 aromatic heterocycles. The number of anilines is 1. The highest BCUT2D eigenvalue weighted by atomic mass is 32.1. The van der Waals surface area contributed by atoms with Gasteiger partial charge in [-0.15, -0.1) is 0 Å². The Labute approximate surface area is 303 Å². The number of carboxylic acid groups (broad SMARTS) is 4. The van der Waals surface area contributed by atoms with E-state index in [1.807, 2.05) is 69.6 Å². The number of carbonyl (C=O) groups excluding carboxylic acids is 1. The van der Waals surface area contributed by atoms with E-state index in [4.69, 9.17) is 4.42 Å². The largest absolute Gasteiger partial charge is 0.480 e. The summed E-state index contributed by atoms with van der Waals surface area (Å²) >= 11 is 2.88. The molecule has 0 aliphatic heterocycles. The van der Waals surface area contributed by atoms with Gasteiger partial charge in [0.2, 0.25) is 5.91 Å². The molecule has 4 rings (SSSR count). The zero-order valence-electron chi connectivity index (χ0n) is 29.0. The molecule has 0 aliphatic carbocycles. The molecule has 0 spiro atoms. The molecule has 3 atom stereocenters. The lowest BCUT2D eigenvalue weighted by molar-refractivity contribution is -0.144. The van der Waals surface area contributed by atoms with Crippen molar-refractivity contribution in [2.75, 3.05) is 11.9 Å². The molecule has 1 aromatic carbocycles. The molecule has 0 saturated heterocycles. The van der Waals surface area contributed by atoms with Crippen molar-refractivity contribution in [3.63, 3.8) is 0 Å². The second-order valence-corrected chi connectivity index (χ2v) is 14.6. The lowest BCUT2D eigenvalue weighted by Gasteiger charge is -2.27. The minimum absolute atomic E-state index is 0.00739. The van der Waals surface area contributed by atoms with Gasteiger partial charge in [-0.05, 0) is 72.9 Å². The Hall–Kier alpha value is -4.80. The van der Waals surface area contributed by atoms with Gasteiger partial charge in [-0.25, -0.2) is 14.6 Å². The zero-order valence-corrected chi connectivity index (χ0v) is 30.6. The van der Waals surface area contributed by atoms with Crippen LogP contribution in [0, 0.1) is 18.8 Å². The first-order valence-electron chi connectivity index (χ1n) is 16.3. The minimum Gasteiger partial charge on any atom is -0.480 e. The maximum atomic E-state index is 12.2. The Kier molecular flexibility index (Phi) is 15.1. The number of aryl methyl sites for hydroxylation is 1. The third-order valence-electron chi connectivity index (χ3n) is 7.55. The van der Waals surface area contributed by atoms with Gasteiger partial charge in [0, 0.05) is 30.3 Å². The summed E-state index contributed by atoms with van der Waals surface area (Å²) in [5.41, 5.74) is 2.80. The van der Waals surface area contributed by atoms with Crippen LogP contribution in [0.1, 0.15) is 58.3 Å². The molecule has 51 heavy (non-hydrogen) atoms. The maximum Gasteiger partial charge on any atom is 0.408 e. The van der Waals surface area contributed by atoms with Gasteiger partial charge in [-0.3, -0.25) is 24.6 Å². The number of fused-ring (bicyclic) bond motifs is 1. The van der Waals surface area contributed by atoms with Crippen LogP contribution in [-0.4, -0.2) is 84.9 Å². The summed E-state index contributed by atoms with van der Waals surface area (Å²) in [5, 5.41) is 47.0. The third-order valence-corrected chi connectivity index (χ3v) is 9.17.